The van der Waals surface area contributed by atoms with Crippen molar-refractivity contribution in [3.8, 4) is 5.75 Å². The van der Waals surface area contributed by atoms with Crippen molar-refractivity contribution in [2.75, 3.05) is 0 Å². The molecule has 4 nitrogen and oxygen atoms in total. The summed E-state index contributed by atoms with van der Waals surface area (Å²) in [7, 11) is 0. The summed E-state index contributed by atoms with van der Waals surface area (Å²) in [4.78, 5) is 23.1. The maximum atomic E-state index is 12.3. The highest BCUT2D eigenvalue weighted by atomic mass is 35.5. The highest BCUT2D eigenvalue weighted by Gasteiger charge is 2.22. The zero-order valence-corrected chi connectivity index (χ0v) is 7.31. The Morgan fingerprint density at radius 1 is 1.57 bits per heavy atom. The lowest BCUT2D eigenvalue weighted by atomic mass is 10.2. The number of hydrogen-bond acceptors (Lipinski definition) is 3. The molecule has 0 spiro atoms. The number of H-pyrrole nitrogens is 1. The molecule has 0 aliphatic carbocycles. The summed E-state index contributed by atoms with van der Waals surface area (Å²) in [6, 6.07) is 0.599. The topological polar surface area (TPSA) is 70.2 Å². The molecule has 0 bridgehead atoms. The Bertz CT molecular complexity index is 429. The summed E-state index contributed by atoms with van der Waals surface area (Å²) >= 11 is 4.96. The van der Waals surface area contributed by atoms with Crippen LogP contribution in [0.1, 0.15) is 22.5 Å². The fourth-order valence-electron chi connectivity index (χ4n) is 0.936. The predicted octanol–water partition coefficient (Wildman–Crippen LogP) is 1.40. The first-order chi connectivity index (χ1) is 6.43. The molecule has 0 amide bonds. The fraction of sp³-hybridized carbons (Fsp3) is 0.143. The number of rotatable bonds is 2. The van der Waals surface area contributed by atoms with E-state index in [1.807, 2.05) is 0 Å². The van der Waals surface area contributed by atoms with Gasteiger partial charge in [0.05, 0.1) is 0 Å². The van der Waals surface area contributed by atoms with Crippen LogP contribution >= 0.6 is 11.6 Å². The van der Waals surface area contributed by atoms with Crippen LogP contribution in [0.3, 0.4) is 0 Å². The van der Waals surface area contributed by atoms with E-state index in [9.17, 15) is 18.4 Å². The standard InChI is InChI=1S/C7H4ClF2NO3/c8-6(14)4-2(12)1-3(13)11-5(4)7(9)10/h1,7H,(H2,11,12,13). The lowest BCUT2D eigenvalue weighted by molar-refractivity contribution is 0.105. The minimum absolute atomic E-state index is 0.599. The zero-order valence-electron chi connectivity index (χ0n) is 6.55. The Morgan fingerprint density at radius 2 is 2.14 bits per heavy atom. The van der Waals surface area contributed by atoms with E-state index in [1.54, 1.807) is 4.98 Å². The third-order valence-electron chi connectivity index (χ3n) is 1.47. The van der Waals surface area contributed by atoms with Crippen molar-refractivity contribution in [2.24, 2.45) is 0 Å². The quantitative estimate of drug-likeness (QED) is 0.745. The van der Waals surface area contributed by atoms with E-state index in [1.165, 1.54) is 0 Å². The lowest BCUT2D eigenvalue weighted by Gasteiger charge is -2.05. The Morgan fingerprint density at radius 3 is 2.57 bits per heavy atom. The average molecular weight is 224 g/mol. The van der Waals surface area contributed by atoms with Crippen LogP contribution in [0, 0.1) is 0 Å². The van der Waals surface area contributed by atoms with Crippen LogP contribution < -0.4 is 5.56 Å². The van der Waals surface area contributed by atoms with Gasteiger partial charge in [-0.1, -0.05) is 0 Å². The molecule has 1 heterocycles. The van der Waals surface area contributed by atoms with Gasteiger partial charge >= 0.3 is 0 Å². The molecule has 0 aliphatic heterocycles. The summed E-state index contributed by atoms with van der Waals surface area (Å²) in [6.45, 7) is 0. The molecule has 7 heteroatoms. The number of aromatic nitrogens is 1. The first-order valence-corrected chi connectivity index (χ1v) is 3.75. The van der Waals surface area contributed by atoms with Crippen LogP contribution in [0.4, 0.5) is 8.78 Å². The molecule has 0 saturated heterocycles. The van der Waals surface area contributed by atoms with Crippen molar-refractivity contribution in [2.45, 2.75) is 6.43 Å². The summed E-state index contributed by atoms with van der Waals surface area (Å²) in [5.41, 5.74) is -2.68. The number of alkyl halides is 2. The molecule has 0 fully saturated rings. The number of aromatic hydroxyl groups is 1. The van der Waals surface area contributed by atoms with E-state index in [0.717, 1.165) is 0 Å². The number of pyridine rings is 1. The number of halogens is 3. The van der Waals surface area contributed by atoms with Gasteiger partial charge in [0.15, 0.2) is 0 Å². The second kappa shape index (κ2) is 3.75. The van der Waals surface area contributed by atoms with Crippen molar-refractivity contribution in [3.05, 3.63) is 27.7 Å². The summed E-state index contributed by atoms with van der Waals surface area (Å²) in [6.07, 6.45) is -3.09. The Hall–Kier alpha value is -1.43. The van der Waals surface area contributed by atoms with E-state index >= 15 is 0 Å². The van der Waals surface area contributed by atoms with Crippen LogP contribution in [-0.2, 0) is 0 Å². The van der Waals surface area contributed by atoms with Gasteiger partial charge in [0.1, 0.15) is 17.0 Å². The van der Waals surface area contributed by atoms with Gasteiger partial charge in [-0.25, -0.2) is 8.78 Å². The largest absolute Gasteiger partial charge is 0.507 e. The van der Waals surface area contributed by atoms with Crippen molar-refractivity contribution in [3.63, 3.8) is 0 Å². The Kier molecular flexibility index (Phi) is 2.85. The molecule has 0 aliphatic rings. The minimum Gasteiger partial charge on any atom is -0.507 e. The SMILES string of the molecule is O=C(Cl)c1c(O)cc(=O)[nH]c1C(F)F. The van der Waals surface area contributed by atoms with Gasteiger partial charge in [0.25, 0.3) is 17.2 Å². The van der Waals surface area contributed by atoms with Crippen LogP contribution in [0.5, 0.6) is 5.75 Å². The van der Waals surface area contributed by atoms with Gasteiger partial charge in [-0.2, -0.15) is 0 Å². The summed E-state index contributed by atoms with van der Waals surface area (Å²) in [5.74, 6) is -0.857. The smallest absolute Gasteiger partial charge is 0.279 e. The molecule has 2 N–H and O–H groups in total. The van der Waals surface area contributed by atoms with Crippen molar-refractivity contribution in [1.29, 1.82) is 0 Å². The molecule has 1 aromatic heterocycles. The predicted molar refractivity (Wildman–Crippen MR) is 43.9 cm³/mol. The molecule has 0 aromatic carbocycles. The molecule has 76 valence electrons. The van der Waals surface area contributed by atoms with E-state index in [4.69, 9.17) is 16.7 Å². The Balaban J connectivity index is 3.52. The number of nitrogens with one attached hydrogen (secondary N) is 1. The van der Waals surface area contributed by atoms with Crippen molar-refractivity contribution < 1.29 is 18.7 Å². The average Bonchev–Trinajstić information content (AvgIpc) is 2.01. The second-order valence-electron chi connectivity index (χ2n) is 2.38. The van der Waals surface area contributed by atoms with Gasteiger partial charge in [-0.05, 0) is 11.6 Å². The van der Waals surface area contributed by atoms with E-state index in [-0.39, 0.29) is 0 Å². The molecular formula is C7H4ClF2NO3. The van der Waals surface area contributed by atoms with E-state index in [0.29, 0.717) is 6.07 Å². The van der Waals surface area contributed by atoms with Crippen LogP contribution in [0.15, 0.2) is 10.9 Å². The number of carbonyl (C=O) groups excluding carboxylic acids is 1. The minimum atomic E-state index is -3.09. The lowest BCUT2D eigenvalue weighted by Crippen LogP contribution is -2.12. The number of aromatic amines is 1. The Labute approximate surface area is 81.1 Å². The third-order valence-corrected chi connectivity index (χ3v) is 1.65. The molecular weight excluding hydrogens is 220 g/mol. The monoisotopic (exact) mass is 223 g/mol. The molecule has 0 atom stereocenters. The normalized spacial score (nSPS) is 10.6. The highest BCUT2D eigenvalue weighted by molar-refractivity contribution is 6.68. The van der Waals surface area contributed by atoms with Crippen molar-refractivity contribution in [1.82, 2.24) is 4.98 Å². The number of hydrogen-bond donors (Lipinski definition) is 2. The molecule has 14 heavy (non-hydrogen) atoms. The first-order valence-electron chi connectivity index (χ1n) is 3.37. The third kappa shape index (κ3) is 1.90. The molecule has 0 saturated carbocycles. The molecule has 1 rings (SSSR count). The maximum Gasteiger partial charge on any atom is 0.279 e. The van der Waals surface area contributed by atoms with Gasteiger partial charge in [-0.15, -0.1) is 0 Å². The zero-order chi connectivity index (χ0) is 10.9. The molecule has 1 aromatic rings. The van der Waals surface area contributed by atoms with Crippen molar-refractivity contribution >= 4 is 16.8 Å². The number of carbonyl (C=O) groups is 1. The van der Waals surface area contributed by atoms with E-state index < -0.39 is 34.2 Å². The fourth-order valence-corrected chi connectivity index (χ4v) is 1.13. The van der Waals surface area contributed by atoms with Crippen LogP contribution in [-0.4, -0.2) is 15.3 Å². The van der Waals surface area contributed by atoms with Crippen LogP contribution in [0.2, 0.25) is 0 Å². The summed E-state index contributed by atoms with van der Waals surface area (Å²) in [5, 5.41) is 7.78. The first kappa shape index (κ1) is 10.6. The maximum absolute atomic E-state index is 12.3. The second-order valence-corrected chi connectivity index (χ2v) is 2.73. The van der Waals surface area contributed by atoms with Gasteiger partial charge < -0.3 is 10.1 Å². The highest BCUT2D eigenvalue weighted by Crippen LogP contribution is 2.26. The van der Waals surface area contributed by atoms with Gasteiger partial charge in [-0.3, -0.25) is 9.59 Å². The molecule has 0 radical (unpaired) electrons. The van der Waals surface area contributed by atoms with E-state index in [2.05, 4.69) is 0 Å². The van der Waals surface area contributed by atoms with Crippen LogP contribution in [0.25, 0.3) is 0 Å². The van der Waals surface area contributed by atoms with Gasteiger partial charge in [0, 0.05) is 6.07 Å². The molecule has 0 unspecified atom stereocenters. The van der Waals surface area contributed by atoms with Gasteiger partial charge in [0.2, 0.25) is 0 Å². The summed E-state index contributed by atoms with van der Waals surface area (Å²) < 4.78 is 24.5.